The molecule has 4 rings (SSSR count). The molecule has 0 radical (unpaired) electrons. The van der Waals surface area contributed by atoms with Gasteiger partial charge in [-0.15, -0.1) is 0 Å². The Balaban J connectivity index is 1.82. The van der Waals surface area contributed by atoms with E-state index in [0.717, 1.165) is 37.6 Å². The zero-order valence-electron chi connectivity index (χ0n) is 21.5. The minimum Gasteiger partial charge on any atom is -0.340 e. The summed E-state index contributed by atoms with van der Waals surface area (Å²) >= 11 is 0. The molecule has 0 aliphatic carbocycles. The number of alkyl halides is 6. The molecule has 1 unspecified atom stereocenters. The zero-order valence-corrected chi connectivity index (χ0v) is 21.5. The van der Waals surface area contributed by atoms with Crippen molar-refractivity contribution < 1.29 is 26.3 Å². The third-order valence-corrected chi connectivity index (χ3v) is 6.47. The fraction of sp³-hybridized carbons (Fsp3) is 0.321. The number of hydrogen-bond acceptors (Lipinski definition) is 5. The molecular weight excluding hydrogens is 520 g/mol. The lowest BCUT2D eigenvalue weighted by Gasteiger charge is -2.24. The fourth-order valence-corrected chi connectivity index (χ4v) is 4.12. The quantitative estimate of drug-likeness (QED) is 0.225. The maximum absolute atomic E-state index is 13.7. The molecule has 0 bridgehead atoms. The highest BCUT2D eigenvalue weighted by Gasteiger charge is 2.34. The van der Waals surface area contributed by atoms with E-state index in [2.05, 4.69) is 32.1 Å². The Morgan fingerprint density at radius 2 is 1.64 bits per heavy atom. The smallest absolute Gasteiger partial charge is 0.340 e. The minimum atomic E-state index is -4.60. The van der Waals surface area contributed by atoms with Crippen LogP contribution in [0.1, 0.15) is 49.7 Å². The van der Waals surface area contributed by atoms with Crippen LogP contribution in [-0.2, 0) is 12.4 Å². The van der Waals surface area contributed by atoms with Crippen LogP contribution in [0.25, 0.3) is 22.2 Å². The van der Waals surface area contributed by atoms with Crippen LogP contribution >= 0.6 is 0 Å². The molecule has 2 heterocycles. The molecule has 5 nitrogen and oxygen atoms in total. The van der Waals surface area contributed by atoms with Crippen LogP contribution < -0.4 is 5.32 Å². The van der Waals surface area contributed by atoms with Crippen LogP contribution in [0.2, 0.25) is 0 Å². The van der Waals surface area contributed by atoms with Crippen molar-refractivity contribution in [3.8, 4) is 11.3 Å². The first-order valence-corrected chi connectivity index (χ1v) is 12.4. The average molecular weight is 548 g/mol. The van der Waals surface area contributed by atoms with Crippen molar-refractivity contribution in [2.75, 3.05) is 18.9 Å². The van der Waals surface area contributed by atoms with E-state index in [9.17, 15) is 26.3 Å². The first-order chi connectivity index (χ1) is 18.4. The van der Waals surface area contributed by atoms with Crippen LogP contribution in [0.3, 0.4) is 0 Å². The van der Waals surface area contributed by atoms with Crippen LogP contribution in [0, 0.1) is 0 Å². The number of nitrogens with zero attached hydrogens (tertiary/aromatic N) is 4. The van der Waals surface area contributed by atoms with Gasteiger partial charge in [-0.1, -0.05) is 19.4 Å². The second kappa shape index (κ2) is 11.2. The van der Waals surface area contributed by atoms with Crippen molar-refractivity contribution >= 4 is 22.4 Å². The molecule has 1 N–H and O–H groups in total. The van der Waals surface area contributed by atoms with Gasteiger partial charge in [-0.05, 0) is 75.5 Å². The van der Waals surface area contributed by atoms with Gasteiger partial charge >= 0.3 is 12.4 Å². The first kappa shape index (κ1) is 28.3. The summed E-state index contributed by atoms with van der Waals surface area (Å²) in [7, 11) is 1.93. The third-order valence-electron chi connectivity index (χ3n) is 6.47. The monoisotopic (exact) mass is 547 g/mol. The Hall–Kier alpha value is -3.73. The molecule has 0 aliphatic heterocycles. The lowest BCUT2D eigenvalue weighted by atomic mass is 10.0. The Morgan fingerprint density at radius 3 is 2.28 bits per heavy atom. The highest BCUT2D eigenvalue weighted by atomic mass is 19.4. The predicted octanol–water partition coefficient (Wildman–Crippen LogP) is 8.27. The molecular formula is C28H27F6N5. The van der Waals surface area contributed by atoms with Gasteiger partial charge in [0.1, 0.15) is 11.6 Å². The number of nitrogens with one attached hydrogen (secondary N) is 1. The highest BCUT2D eigenvalue weighted by Crippen LogP contribution is 2.37. The van der Waals surface area contributed by atoms with Crippen LogP contribution in [0.4, 0.5) is 37.8 Å². The van der Waals surface area contributed by atoms with Crippen molar-refractivity contribution in [2.45, 2.75) is 45.1 Å². The van der Waals surface area contributed by atoms with Crippen LogP contribution in [0.5, 0.6) is 0 Å². The van der Waals surface area contributed by atoms with E-state index in [0.29, 0.717) is 28.2 Å². The molecule has 206 valence electrons. The summed E-state index contributed by atoms with van der Waals surface area (Å²) in [6, 6.07) is 11.1. The van der Waals surface area contributed by atoms with Crippen LogP contribution in [0.15, 0.2) is 60.8 Å². The summed E-state index contributed by atoms with van der Waals surface area (Å²) in [5, 5.41) is 3.56. The topological polar surface area (TPSA) is 53.9 Å². The summed E-state index contributed by atoms with van der Waals surface area (Å²) in [5.74, 6) is 0.749. The molecule has 0 saturated carbocycles. The lowest BCUT2D eigenvalue weighted by molar-refractivity contribution is -0.138. The number of halogens is 6. The first-order valence-electron chi connectivity index (χ1n) is 12.4. The van der Waals surface area contributed by atoms with Gasteiger partial charge in [0.15, 0.2) is 0 Å². The van der Waals surface area contributed by atoms with Gasteiger partial charge in [0.25, 0.3) is 0 Å². The molecule has 11 heteroatoms. The second-order valence-electron chi connectivity index (χ2n) is 9.27. The molecule has 2 aromatic carbocycles. The van der Waals surface area contributed by atoms with Gasteiger partial charge in [-0.3, -0.25) is 9.88 Å². The summed E-state index contributed by atoms with van der Waals surface area (Å²) in [6.45, 7) is 4.78. The molecule has 0 spiro atoms. The number of unbranched alkanes of at least 4 members (excludes halogenated alkanes) is 1. The Labute approximate surface area is 221 Å². The van der Waals surface area contributed by atoms with E-state index in [4.69, 9.17) is 0 Å². The standard InChI is InChI=1S/C28H27F6N5/c1-4-5-15-39(3)17(2)25-37-23-16-18(24-22(28(32,33)34)7-6-14-35-24)8-13-21(23)26(38-25)36-20-11-9-19(10-12-20)27(29,30)31/h6-14,16-17H,4-5,15H2,1-3H3,(H,36,37,38). The fourth-order valence-electron chi connectivity index (χ4n) is 4.12. The third kappa shape index (κ3) is 6.47. The average Bonchev–Trinajstić information content (AvgIpc) is 2.90. The number of aromatic nitrogens is 3. The van der Waals surface area contributed by atoms with E-state index in [1.807, 2.05) is 14.0 Å². The molecule has 1 atom stereocenters. The Morgan fingerprint density at radius 1 is 0.923 bits per heavy atom. The van der Waals surface area contributed by atoms with Gasteiger partial charge in [0.2, 0.25) is 0 Å². The molecule has 39 heavy (non-hydrogen) atoms. The number of rotatable bonds is 8. The van der Waals surface area contributed by atoms with Gasteiger partial charge in [-0.25, -0.2) is 9.97 Å². The zero-order chi connectivity index (χ0) is 28.4. The largest absolute Gasteiger partial charge is 0.418 e. The van der Waals surface area contributed by atoms with E-state index < -0.39 is 23.5 Å². The van der Waals surface area contributed by atoms with Gasteiger partial charge in [0, 0.05) is 22.8 Å². The van der Waals surface area contributed by atoms with Crippen molar-refractivity contribution in [1.29, 1.82) is 0 Å². The normalized spacial score (nSPS) is 13.2. The van der Waals surface area contributed by atoms with Crippen molar-refractivity contribution in [3.63, 3.8) is 0 Å². The second-order valence-corrected chi connectivity index (χ2v) is 9.27. The van der Waals surface area contributed by atoms with E-state index in [1.165, 1.54) is 36.5 Å². The van der Waals surface area contributed by atoms with E-state index >= 15 is 0 Å². The summed E-state index contributed by atoms with van der Waals surface area (Å²) < 4.78 is 80.1. The predicted molar refractivity (Wildman–Crippen MR) is 138 cm³/mol. The SMILES string of the molecule is CCCCN(C)C(C)c1nc(Nc2ccc(C(F)(F)F)cc2)c2ccc(-c3ncccc3C(F)(F)F)cc2n1. The molecule has 2 aromatic heterocycles. The van der Waals surface area contributed by atoms with Gasteiger partial charge in [-0.2, -0.15) is 26.3 Å². The Bertz CT molecular complexity index is 1430. The number of hydrogen-bond donors (Lipinski definition) is 1. The summed E-state index contributed by atoms with van der Waals surface area (Å²) in [5.41, 5.74) is -0.900. The molecule has 4 aromatic rings. The highest BCUT2D eigenvalue weighted by molar-refractivity contribution is 5.93. The number of fused-ring (bicyclic) bond motifs is 1. The van der Waals surface area contributed by atoms with Gasteiger partial charge in [0.05, 0.1) is 28.4 Å². The van der Waals surface area contributed by atoms with Crippen molar-refractivity contribution in [1.82, 2.24) is 19.9 Å². The Kier molecular flexibility index (Phi) is 8.10. The molecule has 0 saturated heterocycles. The number of benzene rings is 2. The maximum atomic E-state index is 13.7. The molecule has 0 amide bonds. The number of pyridine rings is 1. The maximum Gasteiger partial charge on any atom is 0.418 e. The van der Waals surface area contributed by atoms with E-state index in [1.54, 1.807) is 6.07 Å². The summed E-state index contributed by atoms with van der Waals surface area (Å²) in [6.07, 6.45) is -5.83. The van der Waals surface area contributed by atoms with Crippen molar-refractivity contribution in [3.05, 3.63) is 77.7 Å². The number of anilines is 2. The van der Waals surface area contributed by atoms with Gasteiger partial charge < -0.3 is 5.32 Å². The molecule has 0 aliphatic rings. The minimum absolute atomic E-state index is 0.225. The van der Waals surface area contributed by atoms with E-state index in [-0.39, 0.29) is 17.3 Å². The van der Waals surface area contributed by atoms with Crippen LogP contribution in [-0.4, -0.2) is 33.4 Å². The lowest BCUT2D eigenvalue weighted by Crippen LogP contribution is -2.25. The summed E-state index contributed by atoms with van der Waals surface area (Å²) in [4.78, 5) is 15.4. The van der Waals surface area contributed by atoms with Crippen molar-refractivity contribution in [2.24, 2.45) is 0 Å². The molecule has 0 fully saturated rings.